The molecule has 0 fully saturated rings. The van der Waals surface area contributed by atoms with Crippen LogP contribution in [0.2, 0.25) is 0 Å². The topological polar surface area (TPSA) is 41.1 Å². The van der Waals surface area contributed by atoms with E-state index in [1.807, 2.05) is 62.5 Å². The molecule has 0 aliphatic rings. The molecule has 2 aromatic rings. The minimum absolute atomic E-state index is 0.00766. The highest BCUT2D eigenvalue weighted by Gasteiger charge is 2.05. The van der Waals surface area contributed by atoms with Crippen LogP contribution in [-0.4, -0.2) is 13.0 Å². The van der Waals surface area contributed by atoms with Gasteiger partial charge in [0.25, 0.3) is 0 Å². The van der Waals surface area contributed by atoms with Crippen LogP contribution in [0, 0.1) is 6.92 Å². The van der Waals surface area contributed by atoms with Gasteiger partial charge in [0.05, 0.1) is 6.42 Å². The molecule has 2 N–H and O–H groups in total. The van der Waals surface area contributed by atoms with E-state index in [-0.39, 0.29) is 5.91 Å². The molecule has 3 heteroatoms. The second-order valence-electron chi connectivity index (χ2n) is 5.34. The highest BCUT2D eigenvalue weighted by Crippen LogP contribution is 2.16. The Balaban J connectivity index is 1.94. The van der Waals surface area contributed by atoms with Crippen LogP contribution < -0.4 is 10.6 Å². The van der Waals surface area contributed by atoms with E-state index in [9.17, 15) is 4.79 Å². The van der Waals surface area contributed by atoms with Gasteiger partial charge in [0.2, 0.25) is 5.91 Å². The lowest BCUT2D eigenvalue weighted by Gasteiger charge is -2.11. The molecule has 21 heavy (non-hydrogen) atoms. The number of aryl methyl sites for hydroxylation is 1. The third kappa shape index (κ3) is 4.43. The van der Waals surface area contributed by atoms with Gasteiger partial charge in [-0.15, -0.1) is 0 Å². The van der Waals surface area contributed by atoms with E-state index in [1.165, 1.54) is 11.1 Å². The Kier molecular flexibility index (Phi) is 5.12. The zero-order valence-electron chi connectivity index (χ0n) is 12.8. The first-order chi connectivity index (χ1) is 10.1. The molecular formula is C18H22N2O. The number of carbonyl (C=O) groups is 1. The maximum absolute atomic E-state index is 12.0. The Bertz CT molecular complexity index is 588. The standard InChI is InChI=1S/C18H22N2O/c1-13-4-6-15(7-5-13)12-18(21)20-17-10-8-16(9-11-17)14(2)19-3/h4-11,14,19H,12H2,1-3H3,(H,20,21). The van der Waals surface area contributed by atoms with Crippen molar-refractivity contribution < 1.29 is 4.79 Å². The Morgan fingerprint density at radius 1 is 1.05 bits per heavy atom. The van der Waals surface area contributed by atoms with Gasteiger partial charge in [-0.3, -0.25) is 4.79 Å². The highest BCUT2D eigenvalue weighted by molar-refractivity contribution is 5.92. The quantitative estimate of drug-likeness (QED) is 0.882. The van der Waals surface area contributed by atoms with E-state index < -0.39 is 0 Å². The lowest BCUT2D eigenvalue weighted by Crippen LogP contribution is -2.15. The van der Waals surface area contributed by atoms with Gasteiger partial charge in [0.15, 0.2) is 0 Å². The maximum atomic E-state index is 12.0. The fourth-order valence-electron chi connectivity index (χ4n) is 2.12. The molecule has 1 atom stereocenters. The van der Waals surface area contributed by atoms with Crippen molar-refractivity contribution in [1.29, 1.82) is 0 Å². The molecule has 0 heterocycles. The van der Waals surface area contributed by atoms with Gasteiger partial charge in [-0.1, -0.05) is 42.0 Å². The van der Waals surface area contributed by atoms with E-state index in [4.69, 9.17) is 0 Å². The van der Waals surface area contributed by atoms with E-state index in [0.29, 0.717) is 12.5 Å². The van der Waals surface area contributed by atoms with E-state index >= 15 is 0 Å². The number of benzene rings is 2. The van der Waals surface area contributed by atoms with Gasteiger partial charge in [0.1, 0.15) is 0 Å². The summed E-state index contributed by atoms with van der Waals surface area (Å²) in [6.07, 6.45) is 0.398. The van der Waals surface area contributed by atoms with Gasteiger partial charge in [-0.05, 0) is 44.2 Å². The summed E-state index contributed by atoms with van der Waals surface area (Å²) in [5.74, 6) is 0.00766. The van der Waals surface area contributed by atoms with Gasteiger partial charge >= 0.3 is 0 Å². The summed E-state index contributed by atoms with van der Waals surface area (Å²) in [5, 5.41) is 6.12. The van der Waals surface area contributed by atoms with Gasteiger partial charge in [0, 0.05) is 11.7 Å². The smallest absolute Gasteiger partial charge is 0.228 e. The van der Waals surface area contributed by atoms with Gasteiger partial charge in [-0.2, -0.15) is 0 Å². The van der Waals surface area contributed by atoms with Crippen molar-refractivity contribution in [3.05, 3.63) is 65.2 Å². The van der Waals surface area contributed by atoms with E-state index in [1.54, 1.807) is 0 Å². The van der Waals surface area contributed by atoms with Crippen molar-refractivity contribution in [2.45, 2.75) is 26.3 Å². The van der Waals surface area contributed by atoms with Crippen molar-refractivity contribution in [3.8, 4) is 0 Å². The Morgan fingerprint density at radius 3 is 2.24 bits per heavy atom. The first kappa shape index (κ1) is 15.3. The van der Waals surface area contributed by atoms with Crippen molar-refractivity contribution in [2.75, 3.05) is 12.4 Å². The fraction of sp³-hybridized carbons (Fsp3) is 0.278. The lowest BCUT2D eigenvalue weighted by atomic mass is 10.1. The summed E-state index contributed by atoms with van der Waals surface area (Å²) < 4.78 is 0. The molecule has 3 nitrogen and oxygen atoms in total. The third-order valence-electron chi connectivity index (χ3n) is 3.61. The van der Waals surface area contributed by atoms with Crippen LogP contribution in [0.1, 0.15) is 29.7 Å². The molecule has 0 spiro atoms. The summed E-state index contributed by atoms with van der Waals surface area (Å²) in [6, 6.07) is 16.3. The Hall–Kier alpha value is -2.13. The summed E-state index contributed by atoms with van der Waals surface area (Å²) in [6.45, 7) is 4.14. The predicted octanol–water partition coefficient (Wildman–Crippen LogP) is 3.46. The molecular weight excluding hydrogens is 260 g/mol. The number of carbonyl (C=O) groups excluding carboxylic acids is 1. The molecule has 110 valence electrons. The van der Waals surface area contributed by atoms with Crippen molar-refractivity contribution in [1.82, 2.24) is 5.32 Å². The predicted molar refractivity (Wildman–Crippen MR) is 87.4 cm³/mol. The molecule has 0 saturated carbocycles. The maximum Gasteiger partial charge on any atom is 0.228 e. The van der Waals surface area contributed by atoms with Crippen LogP contribution in [-0.2, 0) is 11.2 Å². The molecule has 0 saturated heterocycles. The van der Waals surface area contributed by atoms with Crippen LogP contribution in [0.3, 0.4) is 0 Å². The molecule has 0 aromatic heterocycles. The van der Waals surface area contributed by atoms with E-state index in [0.717, 1.165) is 11.3 Å². The summed E-state index contributed by atoms with van der Waals surface area (Å²) >= 11 is 0. The summed E-state index contributed by atoms with van der Waals surface area (Å²) in [7, 11) is 1.93. The average molecular weight is 282 g/mol. The molecule has 1 amide bonds. The molecule has 2 rings (SSSR count). The number of rotatable bonds is 5. The van der Waals surface area contributed by atoms with Gasteiger partial charge in [-0.25, -0.2) is 0 Å². The minimum Gasteiger partial charge on any atom is -0.326 e. The Morgan fingerprint density at radius 2 is 1.67 bits per heavy atom. The summed E-state index contributed by atoms with van der Waals surface area (Å²) in [4.78, 5) is 12.0. The van der Waals surface area contributed by atoms with Crippen LogP contribution in [0.25, 0.3) is 0 Å². The zero-order valence-corrected chi connectivity index (χ0v) is 12.8. The second-order valence-corrected chi connectivity index (χ2v) is 5.34. The van der Waals surface area contributed by atoms with Crippen molar-refractivity contribution in [3.63, 3.8) is 0 Å². The number of nitrogens with one attached hydrogen (secondary N) is 2. The van der Waals surface area contributed by atoms with Crippen LogP contribution in [0.4, 0.5) is 5.69 Å². The molecule has 2 aromatic carbocycles. The number of anilines is 1. The van der Waals surface area contributed by atoms with Crippen LogP contribution in [0.15, 0.2) is 48.5 Å². The van der Waals surface area contributed by atoms with Crippen LogP contribution in [0.5, 0.6) is 0 Å². The molecule has 1 unspecified atom stereocenters. The second kappa shape index (κ2) is 7.04. The molecule has 0 aliphatic carbocycles. The average Bonchev–Trinajstić information content (AvgIpc) is 2.49. The largest absolute Gasteiger partial charge is 0.326 e. The molecule has 0 aliphatic heterocycles. The monoisotopic (exact) mass is 282 g/mol. The van der Waals surface area contributed by atoms with Crippen LogP contribution >= 0.6 is 0 Å². The summed E-state index contributed by atoms with van der Waals surface area (Å²) in [5.41, 5.74) is 4.26. The minimum atomic E-state index is 0.00766. The normalized spacial score (nSPS) is 12.0. The molecule has 0 radical (unpaired) electrons. The van der Waals surface area contributed by atoms with Crippen molar-refractivity contribution >= 4 is 11.6 Å². The van der Waals surface area contributed by atoms with E-state index in [2.05, 4.69) is 17.6 Å². The number of hydrogen-bond donors (Lipinski definition) is 2. The Labute approximate surface area is 126 Å². The fourth-order valence-corrected chi connectivity index (χ4v) is 2.12. The number of hydrogen-bond acceptors (Lipinski definition) is 2. The third-order valence-corrected chi connectivity index (χ3v) is 3.61. The SMILES string of the molecule is CNC(C)c1ccc(NC(=O)Cc2ccc(C)cc2)cc1. The van der Waals surface area contributed by atoms with Gasteiger partial charge < -0.3 is 10.6 Å². The highest BCUT2D eigenvalue weighted by atomic mass is 16.1. The first-order valence-corrected chi connectivity index (χ1v) is 7.21. The zero-order chi connectivity index (χ0) is 15.2. The molecule has 0 bridgehead atoms. The van der Waals surface area contributed by atoms with Crippen molar-refractivity contribution in [2.24, 2.45) is 0 Å². The first-order valence-electron chi connectivity index (χ1n) is 7.21. The number of amides is 1. The lowest BCUT2D eigenvalue weighted by molar-refractivity contribution is -0.115.